The lowest BCUT2D eigenvalue weighted by Gasteiger charge is -2.25. The van der Waals surface area contributed by atoms with Gasteiger partial charge in [0.2, 0.25) is 29.5 Å². The lowest BCUT2D eigenvalue weighted by molar-refractivity contribution is -0.143. The Morgan fingerprint density at radius 1 is 0.902 bits per heavy atom. The van der Waals surface area contributed by atoms with Crippen LogP contribution in [0.1, 0.15) is 46.7 Å². The smallest absolute Gasteiger partial charge is 0.326 e. The minimum Gasteiger partial charge on any atom is -0.480 e. The third kappa shape index (κ3) is 12.3. The minimum atomic E-state index is -1.51. The summed E-state index contributed by atoms with van der Waals surface area (Å²) in [6, 6.07) is -5.95. The number of nitrogens with zero attached hydrogens (tertiary/aromatic N) is 1. The summed E-state index contributed by atoms with van der Waals surface area (Å²) < 4.78 is 0. The molecule has 0 radical (unpaired) electrons. The molecule has 5 atom stereocenters. The standard InChI is InChI=1S/C25H42N8O8/c1-12(2)6-16(26)22(37)28-9-19(35)30-14(5)21(36)31-17(7-15-8-27-11-29-15)23(38)32-18(10-34)24(39)33-20(13(3)4)25(40)41/h8,11-14,16-18,20,34H,6-7,9-10,26H2,1-5H3,(H,27,29)(H,28,37)(H,30,35)(H,31,36)(H,32,38)(H,33,39)(H,40,41)/t14-,16-,17-,18-,20-/m0/s1. The van der Waals surface area contributed by atoms with Gasteiger partial charge in [-0.05, 0) is 25.2 Å². The van der Waals surface area contributed by atoms with E-state index in [1.807, 2.05) is 13.8 Å². The monoisotopic (exact) mass is 582 g/mol. The third-order valence-corrected chi connectivity index (χ3v) is 5.91. The van der Waals surface area contributed by atoms with Crippen LogP contribution < -0.4 is 32.3 Å². The highest BCUT2D eigenvalue weighted by atomic mass is 16.4. The average molecular weight is 583 g/mol. The van der Waals surface area contributed by atoms with Crippen LogP contribution in [0.3, 0.4) is 0 Å². The van der Waals surface area contributed by atoms with Crippen molar-refractivity contribution >= 4 is 35.5 Å². The predicted octanol–water partition coefficient (Wildman–Crippen LogP) is -2.87. The number of amides is 5. The van der Waals surface area contributed by atoms with E-state index in [0.29, 0.717) is 12.1 Å². The van der Waals surface area contributed by atoms with Gasteiger partial charge in [-0.15, -0.1) is 0 Å². The second-order valence-electron chi connectivity index (χ2n) is 10.4. The van der Waals surface area contributed by atoms with Crippen LogP contribution in [0.15, 0.2) is 12.5 Å². The summed E-state index contributed by atoms with van der Waals surface area (Å²) >= 11 is 0. The van der Waals surface area contributed by atoms with Crippen molar-refractivity contribution in [1.29, 1.82) is 0 Å². The van der Waals surface area contributed by atoms with Gasteiger partial charge in [-0.2, -0.15) is 0 Å². The highest BCUT2D eigenvalue weighted by Crippen LogP contribution is 2.05. The topological polar surface area (TPSA) is 258 Å². The van der Waals surface area contributed by atoms with Gasteiger partial charge in [-0.25, -0.2) is 9.78 Å². The normalized spacial score (nSPS) is 14.8. The summed E-state index contributed by atoms with van der Waals surface area (Å²) in [5, 5.41) is 30.9. The van der Waals surface area contributed by atoms with Crippen molar-refractivity contribution in [2.75, 3.05) is 13.2 Å². The molecule has 0 unspecified atom stereocenters. The maximum absolute atomic E-state index is 13.1. The van der Waals surface area contributed by atoms with Gasteiger partial charge >= 0.3 is 5.97 Å². The fourth-order valence-corrected chi connectivity index (χ4v) is 3.63. The number of aliphatic carboxylic acids is 1. The number of hydrogen-bond acceptors (Lipinski definition) is 9. The lowest BCUT2D eigenvalue weighted by Crippen LogP contribution is -2.59. The van der Waals surface area contributed by atoms with Crippen LogP contribution in [0.5, 0.6) is 0 Å². The molecular weight excluding hydrogens is 540 g/mol. The predicted molar refractivity (Wildman–Crippen MR) is 146 cm³/mol. The number of nitrogens with two attached hydrogens (primary N) is 1. The summed E-state index contributed by atoms with van der Waals surface area (Å²) in [4.78, 5) is 80.9. The molecule has 41 heavy (non-hydrogen) atoms. The van der Waals surface area contributed by atoms with E-state index < -0.39 is 84.8 Å². The van der Waals surface area contributed by atoms with Gasteiger partial charge in [-0.1, -0.05) is 27.7 Å². The summed E-state index contributed by atoms with van der Waals surface area (Å²) in [5.41, 5.74) is 6.24. The molecule has 1 aromatic rings. The molecule has 0 saturated heterocycles. The number of carboxylic acid groups (broad SMARTS) is 1. The molecule has 16 nitrogen and oxygen atoms in total. The molecule has 0 bridgehead atoms. The fraction of sp³-hybridized carbons (Fsp3) is 0.640. The SMILES string of the molecule is CC(C)C[C@H](N)C(=O)NCC(=O)N[C@@H](C)C(=O)N[C@@H](Cc1cnc[nH]1)C(=O)N[C@@H](CO)C(=O)N[C@H](C(=O)O)C(C)C. The fourth-order valence-electron chi connectivity index (χ4n) is 3.63. The van der Waals surface area contributed by atoms with Crippen molar-refractivity contribution in [2.45, 2.75) is 77.7 Å². The molecule has 0 aliphatic heterocycles. The van der Waals surface area contributed by atoms with Crippen LogP contribution in [-0.2, 0) is 35.2 Å². The van der Waals surface area contributed by atoms with Gasteiger partial charge in [0.15, 0.2) is 0 Å². The number of rotatable bonds is 17. The van der Waals surface area contributed by atoms with Crippen LogP contribution in [0.2, 0.25) is 0 Å². The summed E-state index contributed by atoms with van der Waals surface area (Å²) in [5.74, 6) is -5.28. The average Bonchev–Trinajstić information content (AvgIpc) is 3.40. The maximum Gasteiger partial charge on any atom is 0.326 e. The zero-order chi connectivity index (χ0) is 31.3. The molecular formula is C25H42N8O8. The molecule has 5 amide bonds. The molecule has 0 aliphatic carbocycles. The zero-order valence-corrected chi connectivity index (χ0v) is 23.9. The Morgan fingerprint density at radius 2 is 1.51 bits per heavy atom. The number of aromatic amines is 1. The molecule has 1 heterocycles. The third-order valence-electron chi connectivity index (χ3n) is 5.91. The van der Waals surface area contributed by atoms with Gasteiger partial charge in [0.25, 0.3) is 0 Å². The van der Waals surface area contributed by atoms with Crippen molar-refractivity contribution in [3.63, 3.8) is 0 Å². The second kappa shape index (κ2) is 16.9. The Kier molecular flexibility index (Phi) is 14.4. The molecule has 230 valence electrons. The first-order valence-corrected chi connectivity index (χ1v) is 13.2. The summed E-state index contributed by atoms with van der Waals surface area (Å²) in [6.07, 6.45) is 3.12. The van der Waals surface area contributed by atoms with E-state index in [9.17, 15) is 39.0 Å². The summed E-state index contributed by atoms with van der Waals surface area (Å²) in [7, 11) is 0. The molecule has 10 N–H and O–H groups in total. The number of aliphatic hydroxyl groups is 1. The first-order chi connectivity index (χ1) is 19.2. The van der Waals surface area contributed by atoms with Crippen molar-refractivity contribution in [3.05, 3.63) is 18.2 Å². The van der Waals surface area contributed by atoms with Crippen molar-refractivity contribution in [3.8, 4) is 0 Å². The van der Waals surface area contributed by atoms with Gasteiger partial charge in [0, 0.05) is 18.3 Å². The molecule has 1 rings (SSSR count). The molecule has 0 fully saturated rings. The zero-order valence-electron chi connectivity index (χ0n) is 23.9. The van der Waals surface area contributed by atoms with Crippen LogP contribution in [0.25, 0.3) is 0 Å². The largest absolute Gasteiger partial charge is 0.480 e. The van der Waals surface area contributed by atoms with Gasteiger partial charge in [-0.3, -0.25) is 24.0 Å². The minimum absolute atomic E-state index is 0.0917. The molecule has 16 heteroatoms. The van der Waals surface area contributed by atoms with Gasteiger partial charge in [0.1, 0.15) is 24.2 Å². The molecule has 0 saturated carbocycles. The highest BCUT2D eigenvalue weighted by molar-refractivity contribution is 5.95. The number of H-pyrrole nitrogens is 1. The van der Waals surface area contributed by atoms with E-state index in [1.54, 1.807) is 13.8 Å². The van der Waals surface area contributed by atoms with Crippen molar-refractivity contribution in [1.82, 2.24) is 36.6 Å². The van der Waals surface area contributed by atoms with E-state index in [-0.39, 0.29) is 12.3 Å². The summed E-state index contributed by atoms with van der Waals surface area (Å²) in [6.45, 7) is 7.08. The number of aliphatic hydroxyl groups excluding tert-OH is 1. The van der Waals surface area contributed by atoms with Crippen LogP contribution in [-0.4, -0.2) is 99.0 Å². The highest BCUT2D eigenvalue weighted by Gasteiger charge is 2.31. The van der Waals surface area contributed by atoms with Crippen LogP contribution in [0, 0.1) is 11.8 Å². The Balaban J connectivity index is 2.85. The first-order valence-electron chi connectivity index (χ1n) is 13.2. The Morgan fingerprint density at radius 3 is 2.02 bits per heavy atom. The first kappa shape index (κ1) is 35.0. The molecule has 1 aromatic heterocycles. The Labute approximate surface area is 238 Å². The second-order valence-corrected chi connectivity index (χ2v) is 10.4. The number of carbonyl (C=O) groups excluding carboxylic acids is 5. The van der Waals surface area contributed by atoms with E-state index in [2.05, 4.69) is 36.6 Å². The molecule has 0 aliphatic rings. The van der Waals surface area contributed by atoms with Crippen LogP contribution in [0.4, 0.5) is 0 Å². The number of nitrogens with one attached hydrogen (secondary N) is 6. The number of aromatic nitrogens is 2. The maximum atomic E-state index is 13.1. The Bertz CT molecular complexity index is 1050. The quantitative estimate of drug-likeness (QED) is 0.0907. The number of hydrogen-bond donors (Lipinski definition) is 9. The van der Waals surface area contributed by atoms with Crippen molar-refractivity contribution in [2.24, 2.45) is 17.6 Å². The van der Waals surface area contributed by atoms with Gasteiger partial charge in [0.05, 0.1) is 25.5 Å². The lowest BCUT2D eigenvalue weighted by atomic mass is 10.0. The number of carbonyl (C=O) groups is 6. The van der Waals surface area contributed by atoms with E-state index in [4.69, 9.17) is 5.73 Å². The van der Waals surface area contributed by atoms with Crippen molar-refractivity contribution < 1.29 is 39.0 Å². The molecule has 0 aromatic carbocycles. The number of imidazole rings is 1. The molecule has 0 spiro atoms. The van der Waals surface area contributed by atoms with E-state index in [1.165, 1.54) is 19.4 Å². The van der Waals surface area contributed by atoms with Crippen LogP contribution >= 0.6 is 0 Å². The van der Waals surface area contributed by atoms with E-state index in [0.717, 1.165) is 0 Å². The Hall–Kier alpha value is -4.05. The van der Waals surface area contributed by atoms with Gasteiger partial charge < -0.3 is 47.5 Å². The number of carboxylic acids is 1. The van der Waals surface area contributed by atoms with E-state index >= 15 is 0 Å².